The lowest BCUT2D eigenvalue weighted by Crippen LogP contribution is -2.30. The third kappa shape index (κ3) is 3.67. The lowest BCUT2D eigenvalue weighted by molar-refractivity contribution is -0.123. The van der Waals surface area contributed by atoms with Gasteiger partial charge in [-0.25, -0.2) is 4.68 Å². The first-order valence-corrected chi connectivity index (χ1v) is 8.88. The average Bonchev–Trinajstić information content (AvgIpc) is 3.32. The van der Waals surface area contributed by atoms with Crippen LogP contribution in [0.25, 0.3) is 11.3 Å². The Kier molecular flexibility index (Phi) is 4.82. The maximum absolute atomic E-state index is 12.6. The topological polar surface area (TPSA) is 108 Å². The monoisotopic (exact) mass is 368 g/mol. The molecule has 0 radical (unpaired) electrons. The van der Waals surface area contributed by atoms with Crippen LogP contribution in [0.15, 0.2) is 34.9 Å². The molecular formula is C18H20N6O3. The summed E-state index contributed by atoms with van der Waals surface area (Å²) >= 11 is 0. The molecule has 1 aromatic carbocycles. The Morgan fingerprint density at radius 2 is 2.19 bits per heavy atom. The molecule has 1 amide bonds. The van der Waals surface area contributed by atoms with E-state index in [0.29, 0.717) is 17.3 Å². The highest BCUT2D eigenvalue weighted by Crippen LogP contribution is 2.25. The van der Waals surface area contributed by atoms with E-state index in [9.17, 15) is 4.79 Å². The first-order valence-electron chi connectivity index (χ1n) is 8.88. The van der Waals surface area contributed by atoms with Gasteiger partial charge in [-0.1, -0.05) is 11.6 Å². The number of benzene rings is 1. The summed E-state index contributed by atoms with van der Waals surface area (Å²) in [5.41, 5.74) is 1.55. The summed E-state index contributed by atoms with van der Waals surface area (Å²) in [4.78, 5) is 12.6. The molecule has 0 saturated carbocycles. The second-order valence-electron chi connectivity index (χ2n) is 6.44. The van der Waals surface area contributed by atoms with Crippen molar-refractivity contribution < 1.29 is 14.1 Å². The number of carbonyl (C=O) groups excluding carboxylic acids is 1. The molecule has 3 aromatic rings. The number of ether oxygens (including phenoxy) is 1. The minimum Gasteiger partial charge on any atom is -0.497 e. The minimum atomic E-state index is -0.338. The molecule has 27 heavy (non-hydrogen) atoms. The number of hydrogen-bond acceptors (Lipinski definition) is 7. The molecule has 0 spiro atoms. The third-order valence-corrected chi connectivity index (χ3v) is 4.68. The summed E-state index contributed by atoms with van der Waals surface area (Å²) in [5.74, 6) is 1.61. The molecule has 3 heterocycles. The number of nitrogens with zero attached hydrogens (tertiary/aromatic N) is 5. The molecule has 4 rings (SSSR count). The van der Waals surface area contributed by atoms with E-state index in [4.69, 9.17) is 9.26 Å². The highest BCUT2D eigenvalue weighted by Gasteiger charge is 2.28. The van der Waals surface area contributed by atoms with Crippen molar-refractivity contribution in [1.29, 1.82) is 0 Å². The predicted molar refractivity (Wildman–Crippen MR) is 94.7 cm³/mol. The molecule has 140 valence electrons. The van der Waals surface area contributed by atoms with Gasteiger partial charge in [-0.05, 0) is 47.5 Å². The van der Waals surface area contributed by atoms with Crippen molar-refractivity contribution in [2.45, 2.75) is 38.3 Å². The summed E-state index contributed by atoms with van der Waals surface area (Å²) in [6, 6.07) is 9.32. The number of nitrogens with one attached hydrogen (secondary N) is 1. The van der Waals surface area contributed by atoms with Crippen LogP contribution in [0.5, 0.6) is 5.75 Å². The van der Waals surface area contributed by atoms with Crippen LogP contribution in [-0.2, 0) is 17.9 Å². The quantitative estimate of drug-likeness (QED) is 0.733. The molecule has 9 heteroatoms. The van der Waals surface area contributed by atoms with Gasteiger partial charge in [0.1, 0.15) is 11.4 Å². The van der Waals surface area contributed by atoms with Crippen LogP contribution in [0.2, 0.25) is 0 Å². The molecule has 1 atom stereocenters. The number of rotatable bonds is 5. The fourth-order valence-corrected chi connectivity index (χ4v) is 3.20. The van der Waals surface area contributed by atoms with Gasteiger partial charge in [-0.3, -0.25) is 4.79 Å². The van der Waals surface area contributed by atoms with Crippen LogP contribution in [0.3, 0.4) is 0 Å². The van der Waals surface area contributed by atoms with Crippen LogP contribution in [0.1, 0.15) is 36.7 Å². The fraction of sp³-hybridized carbons (Fsp3) is 0.389. The Bertz CT molecular complexity index is 917. The van der Waals surface area contributed by atoms with Crippen molar-refractivity contribution in [2.75, 3.05) is 7.11 Å². The third-order valence-electron chi connectivity index (χ3n) is 4.68. The van der Waals surface area contributed by atoms with Crippen molar-refractivity contribution in [3.8, 4) is 17.1 Å². The predicted octanol–water partition coefficient (Wildman–Crippen LogP) is 1.92. The van der Waals surface area contributed by atoms with Gasteiger partial charge in [0.2, 0.25) is 5.91 Å². The van der Waals surface area contributed by atoms with E-state index in [1.165, 1.54) is 0 Å². The molecule has 0 fully saturated rings. The van der Waals surface area contributed by atoms with E-state index in [1.807, 2.05) is 30.3 Å². The number of fused-ring (bicyclic) bond motifs is 1. The van der Waals surface area contributed by atoms with Crippen molar-refractivity contribution in [2.24, 2.45) is 0 Å². The largest absolute Gasteiger partial charge is 0.497 e. The normalized spacial score (nSPS) is 16.4. The zero-order valence-corrected chi connectivity index (χ0v) is 15.0. The number of hydrogen-bond donors (Lipinski definition) is 1. The van der Waals surface area contributed by atoms with Gasteiger partial charge in [-0.15, -0.1) is 5.10 Å². The number of aromatic nitrogens is 5. The molecule has 2 aromatic heterocycles. The molecule has 9 nitrogen and oxygen atoms in total. The average molecular weight is 368 g/mol. The van der Waals surface area contributed by atoms with Gasteiger partial charge in [0.25, 0.3) is 0 Å². The Hall–Kier alpha value is -3.23. The van der Waals surface area contributed by atoms with Crippen molar-refractivity contribution in [3.63, 3.8) is 0 Å². The molecule has 0 bridgehead atoms. The van der Waals surface area contributed by atoms with Gasteiger partial charge < -0.3 is 14.6 Å². The Morgan fingerprint density at radius 1 is 1.33 bits per heavy atom. The van der Waals surface area contributed by atoms with E-state index in [0.717, 1.165) is 37.1 Å². The van der Waals surface area contributed by atoms with E-state index in [1.54, 1.807) is 11.8 Å². The second kappa shape index (κ2) is 7.56. The van der Waals surface area contributed by atoms with Crippen LogP contribution >= 0.6 is 0 Å². The maximum atomic E-state index is 12.6. The Labute approximate surface area is 155 Å². The van der Waals surface area contributed by atoms with E-state index >= 15 is 0 Å². The standard InChI is InChI=1S/C18H20N6O3/c1-26-14-7-5-12(6-8-14)16-10-13(21-27-16)11-19-18(25)15-4-2-3-9-24-17(15)20-22-23-24/h5-8,10,15H,2-4,9,11H2,1H3,(H,19,25)/t15-/m1/s1. The molecule has 0 unspecified atom stereocenters. The molecular weight excluding hydrogens is 348 g/mol. The highest BCUT2D eigenvalue weighted by molar-refractivity contribution is 5.82. The smallest absolute Gasteiger partial charge is 0.231 e. The summed E-state index contributed by atoms with van der Waals surface area (Å²) in [6.07, 6.45) is 2.66. The molecule has 1 aliphatic heterocycles. The molecule has 1 N–H and O–H groups in total. The summed E-state index contributed by atoms with van der Waals surface area (Å²) in [5, 5.41) is 18.6. The van der Waals surface area contributed by atoms with Crippen LogP contribution < -0.4 is 10.1 Å². The van der Waals surface area contributed by atoms with E-state index in [-0.39, 0.29) is 18.4 Å². The number of carbonyl (C=O) groups is 1. The molecule has 0 saturated heterocycles. The first kappa shape index (κ1) is 17.2. The Morgan fingerprint density at radius 3 is 3.00 bits per heavy atom. The number of amides is 1. The zero-order valence-electron chi connectivity index (χ0n) is 15.0. The van der Waals surface area contributed by atoms with Gasteiger partial charge in [-0.2, -0.15) is 0 Å². The minimum absolute atomic E-state index is 0.0954. The van der Waals surface area contributed by atoms with E-state index < -0.39 is 0 Å². The summed E-state index contributed by atoms with van der Waals surface area (Å²) in [6.45, 7) is 1.04. The fourth-order valence-electron chi connectivity index (χ4n) is 3.20. The van der Waals surface area contributed by atoms with Crippen molar-refractivity contribution in [1.82, 2.24) is 30.7 Å². The lowest BCUT2D eigenvalue weighted by Gasteiger charge is -2.12. The van der Waals surface area contributed by atoms with Gasteiger partial charge in [0.05, 0.1) is 19.6 Å². The molecule has 0 aliphatic carbocycles. The van der Waals surface area contributed by atoms with Crippen molar-refractivity contribution >= 4 is 5.91 Å². The van der Waals surface area contributed by atoms with Crippen LogP contribution in [0.4, 0.5) is 0 Å². The van der Waals surface area contributed by atoms with Gasteiger partial charge >= 0.3 is 0 Å². The summed E-state index contributed by atoms with van der Waals surface area (Å²) in [7, 11) is 1.62. The van der Waals surface area contributed by atoms with Gasteiger partial charge in [0.15, 0.2) is 11.6 Å². The highest BCUT2D eigenvalue weighted by atomic mass is 16.5. The number of tetrazole rings is 1. The first-order chi connectivity index (χ1) is 13.2. The van der Waals surface area contributed by atoms with Crippen LogP contribution in [0, 0.1) is 0 Å². The van der Waals surface area contributed by atoms with E-state index in [2.05, 4.69) is 26.0 Å². The summed E-state index contributed by atoms with van der Waals surface area (Å²) < 4.78 is 12.3. The number of methoxy groups -OCH3 is 1. The maximum Gasteiger partial charge on any atom is 0.231 e. The van der Waals surface area contributed by atoms with Gasteiger partial charge in [0, 0.05) is 18.2 Å². The van der Waals surface area contributed by atoms with Crippen molar-refractivity contribution in [3.05, 3.63) is 41.9 Å². The number of aryl methyl sites for hydroxylation is 1. The second-order valence-corrected chi connectivity index (χ2v) is 6.44. The lowest BCUT2D eigenvalue weighted by atomic mass is 10.0. The van der Waals surface area contributed by atoms with Crippen LogP contribution in [-0.4, -0.2) is 38.4 Å². The Balaban J connectivity index is 1.40. The SMILES string of the molecule is COc1ccc(-c2cc(CNC(=O)[C@@H]3CCCCn4nnnc43)no2)cc1. The molecule has 1 aliphatic rings. The zero-order chi connectivity index (χ0) is 18.6.